The van der Waals surface area contributed by atoms with Gasteiger partial charge in [0.15, 0.2) is 17.8 Å². The van der Waals surface area contributed by atoms with Crippen molar-refractivity contribution in [3.63, 3.8) is 0 Å². The molecule has 0 unspecified atom stereocenters. The van der Waals surface area contributed by atoms with E-state index in [0.29, 0.717) is 35.3 Å². The van der Waals surface area contributed by atoms with Crippen LogP contribution in [0.1, 0.15) is 16.8 Å². The van der Waals surface area contributed by atoms with Gasteiger partial charge in [-0.25, -0.2) is 0 Å². The standard InChI is InChI=1S/C11H11ClO4/c12-2-1-3-14-9-5-11-10(15-7-16-11)4-8(9)6-13/h4-6H,1-3,7H2. The van der Waals surface area contributed by atoms with Crippen LogP contribution in [0.4, 0.5) is 0 Å². The van der Waals surface area contributed by atoms with Gasteiger partial charge in [0.1, 0.15) is 5.75 Å². The Kier molecular flexibility index (Phi) is 3.51. The van der Waals surface area contributed by atoms with E-state index in [0.717, 1.165) is 12.7 Å². The molecule has 5 heteroatoms. The molecule has 0 aromatic heterocycles. The monoisotopic (exact) mass is 242 g/mol. The Morgan fingerprint density at radius 2 is 2.12 bits per heavy atom. The van der Waals surface area contributed by atoms with Crippen molar-refractivity contribution < 1.29 is 19.0 Å². The molecular formula is C11H11ClO4. The van der Waals surface area contributed by atoms with E-state index in [4.69, 9.17) is 25.8 Å². The summed E-state index contributed by atoms with van der Waals surface area (Å²) in [7, 11) is 0. The van der Waals surface area contributed by atoms with E-state index < -0.39 is 0 Å². The first-order valence-electron chi connectivity index (χ1n) is 4.92. The molecule has 0 spiro atoms. The first-order valence-corrected chi connectivity index (χ1v) is 5.46. The summed E-state index contributed by atoms with van der Waals surface area (Å²) in [5, 5.41) is 0. The van der Waals surface area contributed by atoms with Crippen molar-refractivity contribution in [1.29, 1.82) is 0 Å². The van der Waals surface area contributed by atoms with Gasteiger partial charge >= 0.3 is 0 Å². The van der Waals surface area contributed by atoms with Crippen molar-refractivity contribution in [1.82, 2.24) is 0 Å². The van der Waals surface area contributed by atoms with Crippen molar-refractivity contribution >= 4 is 17.9 Å². The number of fused-ring (bicyclic) bond motifs is 1. The smallest absolute Gasteiger partial charge is 0.231 e. The second kappa shape index (κ2) is 5.07. The lowest BCUT2D eigenvalue weighted by Gasteiger charge is -2.08. The van der Waals surface area contributed by atoms with Gasteiger partial charge in [0.05, 0.1) is 12.2 Å². The SMILES string of the molecule is O=Cc1cc2c(cc1OCCCCl)OCO2. The highest BCUT2D eigenvalue weighted by molar-refractivity contribution is 6.17. The number of benzene rings is 1. The fourth-order valence-corrected chi connectivity index (χ4v) is 1.50. The zero-order chi connectivity index (χ0) is 11.4. The van der Waals surface area contributed by atoms with E-state index in [1.807, 2.05) is 0 Å². The van der Waals surface area contributed by atoms with Gasteiger partial charge in [-0.15, -0.1) is 11.6 Å². The molecule has 1 aromatic carbocycles. The van der Waals surface area contributed by atoms with Gasteiger partial charge in [0.2, 0.25) is 6.79 Å². The van der Waals surface area contributed by atoms with Gasteiger partial charge < -0.3 is 14.2 Å². The Morgan fingerprint density at radius 3 is 2.81 bits per heavy atom. The number of hydrogen-bond acceptors (Lipinski definition) is 4. The predicted octanol–water partition coefficient (Wildman–Crippen LogP) is 2.24. The molecule has 0 saturated carbocycles. The fraction of sp³-hybridized carbons (Fsp3) is 0.364. The minimum Gasteiger partial charge on any atom is -0.493 e. The molecule has 0 fully saturated rings. The molecule has 16 heavy (non-hydrogen) atoms. The van der Waals surface area contributed by atoms with Crippen LogP contribution in [-0.4, -0.2) is 25.6 Å². The topological polar surface area (TPSA) is 44.8 Å². The average molecular weight is 243 g/mol. The molecule has 1 aliphatic heterocycles. The maximum absolute atomic E-state index is 10.9. The summed E-state index contributed by atoms with van der Waals surface area (Å²) in [6, 6.07) is 3.28. The molecule has 1 aliphatic rings. The zero-order valence-electron chi connectivity index (χ0n) is 8.57. The Bertz CT molecular complexity index is 392. The van der Waals surface area contributed by atoms with Crippen LogP contribution in [0.15, 0.2) is 12.1 Å². The number of hydrogen-bond donors (Lipinski definition) is 0. The molecule has 0 amide bonds. The molecule has 0 aliphatic carbocycles. The van der Waals surface area contributed by atoms with Crippen molar-refractivity contribution in [2.45, 2.75) is 6.42 Å². The lowest BCUT2D eigenvalue weighted by Crippen LogP contribution is -2.00. The number of halogens is 1. The molecule has 4 nitrogen and oxygen atoms in total. The minimum absolute atomic E-state index is 0.179. The van der Waals surface area contributed by atoms with Crippen LogP contribution in [0.3, 0.4) is 0 Å². The summed E-state index contributed by atoms with van der Waals surface area (Å²) in [6.07, 6.45) is 1.46. The molecule has 86 valence electrons. The summed E-state index contributed by atoms with van der Waals surface area (Å²) in [6.45, 7) is 0.656. The number of aldehydes is 1. The van der Waals surface area contributed by atoms with Gasteiger partial charge in [-0.05, 0) is 12.5 Å². The molecule has 1 heterocycles. The number of ether oxygens (including phenoxy) is 3. The molecule has 2 rings (SSSR count). The van der Waals surface area contributed by atoms with Gasteiger partial charge in [-0.3, -0.25) is 4.79 Å². The maximum atomic E-state index is 10.9. The Hall–Kier alpha value is -1.42. The minimum atomic E-state index is 0.179. The zero-order valence-corrected chi connectivity index (χ0v) is 9.33. The second-order valence-electron chi connectivity index (χ2n) is 3.25. The third-order valence-electron chi connectivity index (χ3n) is 2.17. The molecule has 0 saturated heterocycles. The van der Waals surface area contributed by atoms with Crippen LogP contribution >= 0.6 is 11.6 Å². The Morgan fingerprint density at radius 1 is 1.38 bits per heavy atom. The van der Waals surface area contributed by atoms with Gasteiger partial charge in [0, 0.05) is 11.9 Å². The number of carbonyl (C=O) groups excluding carboxylic acids is 1. The van der Waals surface area contributed by atoms with Crippen LogP contribution in [0.5, 0.6) is 17.2 Å². The summed E-state index contributed by atoms with van der Waals surface area (Å²) >= 11 is 5.54. The quantitative estimate of drug-likeness (QED) is 0.451. The third kappa shape index (κ3) is 2.22. The highest BCUT2D eigenvalue weighted by Crippen LogP contribution is 2.37. The lowest BCUT2D eigenvalue weighted by molar-refractivity contribution is 0.111. The molecule has 0 radical (unpaired) electrons. The van der Waals surface area contributed by atoms with Crippen molar-refractivity contribution in [2.75, 3.05) is 19.3 Å². The molecule has 0 bridgehead atoms. The Balaban J connectivity index is 2.18. The van der Waals surface area contributed by atoms with E-state index >= 15 is 0 Å². The summed E-state index contributed by atoms with van der Waals surface area (Å²) < 4.78 is 15.8. The summed E-state index contributed by atoms with van der Waals surface area (Å²) in [4.78, 5) is 10.9. The predicted molar refractivity (Wildman–Crippen MR) is 58.8 cm³/mol. The van der Waals surface area contributed by atoms with E-state index in [1.165, 1.54) is 0 Å². The largest absolute Gasteiger partial charge is 0.493 e. The Labute approximate surface area is 98.1 Å². The highest BCUT2D eigenvalue weighted by Gasteiger charge is 2.17. The third-order valence-corrected chi connectivity index (χ3v) is 2.43. The first kappa shape index (κ1) is 11.1. The molecule has 1 aromatic rings. The van der Waals surface area contributed by atoms with Gasteiger partial charge in [-0.1, -0.05) is 0 Å². The van der Waals surface area contributed by atoms with Crippen LogP contribution in [0.2, 0.25) is 0 Å². The van der Waals surface area contributed by atoms with Crippen LogP contribution in [0, 0.1) is 0 Å². The van der Waals surface area contributed by atoms with E-state index in [2.05, 4.69) is 0 Å². The van der Waals surface area contributed by atoms with Gasteiger partial charge in [-0.2, -0.15) is 0 Å². The highest BCUT2D eigenvalue weighted by atomic mass is 35.5. The molecular weight excluding hydrogens is 232 g/mol. The number of rotatable bonds is 5. The van der Waals surface area contributed by atoms with E-state index in [1.54, 1.807) is 12.1 Å². The average Bonchev–Trinajstić information content (AvgIpc) is 2.75. The number of alkyl halides is 1. The summed E-state index contributed by atoms with van der Waals surface area (Å²) in [5.41, 5.74) is 0.457. The van der Waals surface area contributed by atoms with Crippen molar-refractivity contribution in [2.24, 2.45) is 0 Å². The van der Waals surface area contributed by atoms with Crippen LogP contribution in [0.25, 0.3) is 0 Å². The van der Waals surface area contributed by atoms with Crippen LogP contribution in [-0.2, 0) is 0 Å². The van der Waals surface area contributed by atoms with Gasteiger partial charge in [0.25, 0.3) is 0 Å². The summed E-state index contributed by atoms with van der Waals surface area (Å²) in [5.74, 6) is 2.21. The first-order chi connectivity index (χ1) is 7.85. The van der Waals surface area contributed by atoms with E-state index in [-0.39, 0.29) is 6.79 Å². The normalized spacial score (nSPS) is 12.6. The van der Waals surface area contributed by atoms with Crippen molar-refractivity contribution in [3.05, 3.63) is 17.7 Å². The molecule has 0 N–H and O–H groups in total. The maximum Gasteiger partial charge on any atom is 0.231 e. The van der Waals surface area contributed by atoms with Crippen molar-refractivity contribution in [3.8, 4) is 17.2 Å². The molecule has 0 atom stereocenters. The van der Waals surface area contributed by atoms with Crippen LogP contribution < -0.4 is 14.2 Å². The second-order valence-corrected chi connectivity index (χ2v) is 3.63. The number of carbonyl (C=O) groups is 1. The lowest BCUT2D eigenvalue weighted by atomic mass is 10.2. The van der Waals surface area contributed by atoms with E-state index in [9.17, 15) is 4.79 Å². The fourth-order valence-electron chi connectivity index (χ4n) is 1.39.